The molecule has 43 heavy (non-hydrogen) atoms. The third-order valence-corrected chi connectivity index (χ3v) is 8.77. The first kappa shape index (κ1) is 28.8. The van der Waals surface area contributed by atoms with Crippen molar-refractivity contribution in [3.63, 3.8) is 0 Å². The zero-order chi connectivity index (χ0) is 30.0. The first-order valence-electron chi connectivity index (χ1n) is 14.7. The Labute approximate surface area is 250 Å². The smallest absolute Gasteiger partial charge is 0.337 e. The molecule has 1 saturated heterocycles. The molecule has 3 heterocycles. The molecule has 0 atom stereocenters. The van der Waals surface area contributed by atoms with E-state index in [1.807, 2.05) is 37.4 Å². The van der Waals surface area contributed by atoms with Crippen LogP contribution < -0.4 is 10.1 Å². The summed E-state index contributed by atoms with van der Waals surface area (Å²) < 4.78 is 27.3. The highest BCUT2D eigenvalue weighted by Gasteiger charge is 2.42. The van der Waals surface area contributed by atoms with Gasteiger partial charge in [-0.05, 0) is 82.2 Å². The molecule has 222 valence electrons. The van der Waals surface area contributed by atoms with E-state index in [0.717, 1.165) is 74.4 Å². The van der Waals surface area contributed by atoms with Crippen molar-refractivity contribution in [3.8, 4) is 11.9 Å². The number of rotatable bonds is 10. The topological polar surface area (TPSA) is 105 Å². The van der Waals surface area contributed by atoms with Gasteiger partial charge in [0.15, 0.2) is 0 Å². The van der Waals surface area contributed by atoms with Crippen molar-refractivity contribution in [1.29, 1.82) is 5.26 Å². The molecule has 0 amide bonds. The zero-order valence-electron chi connectivity index (χ0n) is 24.5. The van der Waals surface area contributed by atoms with Crippen molar-refractivity contribution in [1.82, 2.24) is 24.8 Å². The lowest BCUT2D eigenvalue weighted by atomic mass is 9.93. The lowest BCUT2D eigenvalue weighted by Gasteiger charge is -2.31. The van der Waals surface area contributed by atoms with Gasteiger partial charge in [0.1, 0.15) is 18.2 Å². The molecule has 1 N–H and O–H groups in total. The number of nitrogens with one attached hydrogen (secondary N) is 1. The van der Waals surface area contributed by atoms with E-state index in [2.05, 4.69) is 14.8 Å². The fourth-order valence-electron chi connectivity index (χ4n) is 5.87. The molecular formula is C33H35FN6O3. The van der Waals surface area contributed by atoms with Gasteiger partial charge in [-0.1, -0.05) is 12.1 Å². The highest BCUT2D eigenvalue weighted by molar-refractivity contribution is 5.93. The maximum atomic E-state index is 14.3. The summed E-state index contributed by atoms with van der Waals surface area (Å²) in [6, 6.07) is 17.6. The molecule has 2 aliphatic rings. The van der Waals surface area contributed by atoms with Crippen LogP contribution >= 0.6 is 0 Å². The number of piperidine rings is 1. The predicted octanol–water partition coefficient (Wildman–Crippen LogP) is 4.94. The van der Waals surface area contributed by atoms with E-state index < -0.39 is 5.82 Å². The summed E-state index contributed by atoms with van der Waals surface area (Å²) in [6.07, 6.45) is 4.13. The molecule has 1 aliphatic heterocycles. The number of carbonyl (C=O) groups is 1. The van der Waals surface area contributed by atoms with Crippen molar-refractivity contribution in [2.75, 3.05) is 27.2 Å². The van der Waals surface area contributed by atoms with Crippen LogP contribution in [0.4, 0.5) is 4.39 Å². The number of nitrogens with zero attached hydrogens (tertiary/aromatic N) is 5. The molecule has 0 radical (unpaired) electrons. The molecule has 0 bridgehead atoms. The van der Waals surface area contributed by atoms with E-state index >= 15 is 0 Å². The summed E-state index contributed by atoms with van der Waals surface area (Å²) in [7, 11) is 3.41. The van der Waals surface area contributed by atoms with E-state index in [-0.39, 0.29) is 23.7 Å². The van der Waals surface area contributed by atoms with Gasteiger partial charge < -0.3 is 19.4 Å². The Balaban J connectivity index is 1.12. The Bertz CT molecular complexity index is 1680. The molecule has 9 nitrogen and oxygen atoms in total. The molecule has 0 spiro atoms. The van der Waals surface area contributed by atoms with Gasteiger partial charge in [0, 0.05) is 35.3 Å². The average Bonchev–Trinajstić information content (AvgIpc) is 3.75. The highest BCUT2D eigenvalue weighted by atomic mass is 19.1. The van der Waals surface area contributed by atoms with E-state index in [0.29, 0.717) is 22.9 Å². The fourth-order valence-corrected chi connectivity index (χ4v) is 5.87. The number of methoxy groups -OCH3 is 1. The second-order valence-electron chi connectivity index (χ2n) is 11.5. The van der Waals surface area contributed by atoms with Gasteiger partial charge in [-0.25, -0.2) is 19.2 Å². The molecule has 2 fully saturated rings. The molecule has 0 unspecified atom stereocenters. The van der Waals surface area contributed by atoms with Gasteiger partial charge in [0.05, 0.1) is 41.9 Å². The van der Waals surface area contributed by atoms with Gasteiger partial charge in [0.2, 0.25) is 5.88 Å². The van der Waals surface area contributed by atoms with Crippen LogP contribution in [0.25, 0.3) is 11.0 Å². The summed E-state index contributed by atoms with van der Waals surface area (Å²) in [5.74, 6) is 0.950. The van der Waals surface area contributed by atoms with Crippen LogP contribution in [0.15, 0.2) is 54.6 Å². The Kier molecular flexibility index (Phi) is 8.10. The Morgan fingerprint density at radius 2 is 1.95 bits per heavy atom. The summed E-state index contributed by atoms with van der Waals surface area (Å²) >= 11 is 0. The first-order valence-corrected chi connectivity index (χ1v) is 14.7. The summed E-state index contributed by atoms with van der Waals surface area (Å²) in [5.41, 5.74) is 4.07. The van der Waals surface area contributed by atoms with Crippen molar-refractivity contribution >= 4 is 17.0 Å². The number of nitriles is 1. The number of pyridine rings is 1. The van der Waals surface area contributed by atoms with E-state index in [1.54, 1.807) is 24.3 Å². The predicted molar refractivity (Wildman–Crippen MR) is 159 cm³/mol. The van der Waals surface area contributed by atoms with E-state index in [9.17, 15) is 9.18 Å². The number of imidazole rings is 1. The number of carbonyl (C=O) groups excluding carboxylic acids is 1. The lowest BCUT2D eigenvalue weighted by Crippen LogP contribution is -2.36. The lowest BCUT2D eigenvalue weighted by molar-refractivity contribution is 0.0601. The molecule has 2 aromatic heterocycles. The summed E-state index contributed by atoms with van der Waals surface area (Å²) in [5, 5.41) is 12.4. The van der Waals surface area contributed by atoms with Crippen LogP contribution in [0.5, 0.6) is 5.88 Å². The molecule has 10 heteroatoms. The second-order valence-corrected chi connectivity index (χ2v) is 11.5. The van der Waals surface area contributed by atoms with E-state index in [1.165, 1.54) is 13.2 Å². The van der Waals surface area contributed by atoms with Crippen molar-refractivity contribution < 1.29 is 18.7 Å². The Hall–Kier alpha value is -4.33. The second kappa shape index (κ2) is 12.1. The maximum Gasteiger partial charge on any atom is 0.337 e. The molecule has 1 saturated carbocycles. The van der Waals surface area contributed by atoms with Crippen molar-refractivity contribution in [3.05, 3.63) is 88.6 Å². The third kappa shape index (κ3) is 6.24. The van der Waals surface area contributed by atoms with Crippen LogP contribution in [0, 0.1) is 17.1 Å². The van der Waals surface area contributed by atoms with Gasteiger partial charge in [-0.15, -0.1) is 0 Å². The number of fused-ring (bicyclic) bond motifs is 1. The van der Waals surface area contributed by atoms with Gasteiger partial charge >= 0.3 is 5.97 Å². The molecule has 2 aromatic carbocycles. The number of likely N-dealkylation sites (tertiary alicyclic amines) is 1. The van der Waals surface area contributed by atoms with Gasteiger partial charge in [0.25, 0.3) is 0 Å². The highest BCUT2D eigenvalue weighted by Crippen LogP contribution is 2.38. The minimum atomic E-state index is -0.460. The van der Waals surface area contributed by atoms with Crippen molar-refractivity contribution in [2.45, 2.75) is 56.8 Å². The normalized spacial score (nSPS) is 16.6. The Morgan fingerprint density at radius 1 is 1.14 bits per heavy atom. The standard InChI is InChI=1S/C33H35FN6O3/c1-36-33(12-13-33)21-40-29-17-24(32(41)42-2)8-9-28(29)37-30(40)19-39-14-10-23(11-15-39)27-4-3-5-31(38-27)43-20-25-7-6-22(18-35)16-26(25)34/h3-9,16-17,23,36H,10-15,19-21H2,1-2H3. The first-order chi connectivity index (χ1) is 20.9. The van der Waals surface area contributed by atoms with Crippen molar-refractivity contribution in [2.24, 2.45) is 0 Å². The molecule has 6 rings (SSSR count). The number of benzene rings is 2. The molecular weight excluding hydrogens is 547 g/mol. The molecule has 1 aliphatic carbocycles. The van der Waals surface area contributed by atoms with Crippen LogP contribution in [-0.4, -0.2) is 58.2 Å². The van der Waals surface area contributed by atoms with E-state index in [4.69, 9.17) is 24.7 Å². The number of aromatic nitrogens is 3. The number of hydrogen-bond donors (Lipinski definition) is 1. The summed E-state index contributed by atoms with van der Waals surface area (Å²) in [4.78, 5) is 24.4. The Morgan fingerprint density at radius 3 is 2.65 bits per heavy atom. The maximum absolute atomic E-state index is 14.3. The number of esters is 1. The van der Waals surface area contributed by atoms with Gasteiger partial charge in [-0.3, -0.25) is 4.90 Å². The van der Waals surface area contributed by atoms with Gasteiger partial charge in [-0.2, -0.15) is 5.26 Å². The monoisotopic (exact) mass is 582 g/mol. The van der Waals surface area contributed by atoms with Crippen LogP contribution in [0.1, 0.15) is 64.6 Å². The summed E-state index contributed by atoms with van der Waals surface area (Å²) in [6.45, 7) is 3.38. The van der Waals surface area contributed by atoms with Crippen LogP contribution in [0.2, 0.25) is 0 Å². The minimum absolute atomic E-state index is 0.0450. The van der Waals surface area contributed by atoms with Crippen LogP contribution in [-0.2, 0) is 24.4 Å². The number of halogens is 1. The minimum Gasteiger partial charge on any atom is -0.473 e. The third-order valence-electron chi connectivity index (χ3n) is 8.77. The number of hydrogen-bond acceptors (Lipinski definition) is 8. The quantitative estimate of drug-likeness (QED) is 0.262. The number of ether oxygens (including phenoxy) is 2. The number of likely N-dealkylation sites (N-methyl/N-ethyl adjacent to an activating group) is 1. The molecule has 4 aromatic rings. The zero-order valence-corrected chi connectivity index (χ0v) is 24.5. The largest absolute Gasteiger partial charge is 0.473 e. The van der Waals surface area contributed by atoms with Crippen LogP contribution in [0.3, 0.4) is 0 Å². The fraction of sp³-hybridized carbons (Fsp3) is 0.394. The average molecular weight is 583 g/mol. The SMILES string of the molecule is CNC1(Cn2c(CN3CCC(c4cccc(OCc5ccc(C#N)cc5F)n4)CC3)nc3ccc(C(=O)OC)cc32)CC1.